The van der Waals surface area contributed by atoms with Gasteiger partial charge in [0.25, 0.3) is 0 Å². The molecular weight excluding hydrogens is 449 g/mol. The van der Waals surface area contributed by atoms with E-state index in [4.69, 9.17) is 0 Å². The summed E-state index contributed by atoms with van der Waals surface area (Å²) in [5.41, 5.74) is 0.501. The van der Waals surface area contributed by atoms with E-state index in [-0.39, 0.29) is 24.0 Å². The zero-order chi connectivity index (χ0) is 19.2. The van der Waals surface area contributed by atoms with Crippen molar-refractivity contribution < 1.29 is 0 Å². The molecule has 0 aromatic carbocycles. The Morgan fingerprint density at radius 2 is 1.67 bits per heavy atom. The number of hydrogen-bond donors (Lipinski definition) is 2. The fraction of sp³-hybridized carbons (Fsp3) is 0.952. The first-order valence-corrected chi connectivity index (χ1v) is 10.7. The van der Waals surface area contributed by atoms with Gasteiger partial charge in [0.15, 0.2) is 5.96 Å². The van der Waals surface area contributed by atoms with Gasteiger partial charge in [-0.25, -0.2) is 0 Å². The van der Waals surface area contributed by atoms with Gasteiger partial charge in [-0.05, 0) is 43.6 Å². The van der Waals surface area contributed by atoms with Crippen LogP contribution in [-0.2, 0) is 0 Å². The Labute approximate surface area is 185 Å². The quantitative estimate of drug-likeness (QED) is 0.310. The second-order valence-electron chi connectivity index (χ2n) is 9.41. The molecule has 1 saturated carbocycles. The van der Waals surface area contributed by atoms with Crippen LogP contribution in [0.25, 0.3) is 0 Å². The first-order valence-electron chi connectivity index (χ1n) is 10.7. The van der Waals surface area contributed by atoms with Gasteiger partial charge < -0.3 is 15.5 Å². The molecule has 5 nitrogen and oxygen atoms in total. The van der Waals surface area contributed by atoms with Crippen LogP contribution in [0.2, 0.25) is 0 Å². The van der Waals surface area contributed by atoms with Crippen LogP contribution in [-0.4, -0.2) is 75.2 Å². The van der Waals surface area contributed by atoms with E-state index in [1.165, 1.54) is 51.9 Å². The van der Waals surface area contributed by atoms with Crippen LogP contribution >= 0.6 is 24.0 Å². The molecule has 2 N–H and O–H groups in total. The number of halogens is 1. The highest BCUT2D eigenvalue weighted by Crippen LogP contribution is 2.45. The summed E-state index contributed by atoms with van der Waals surface area (Å²) in [6.07, 6.45) is 5.45. The molecule has 1 atom stereocenters. The summed E-state index contributed by atoms with van der Waals surface area (Å²) in [6, 6.07) is 0.565. The monoisotopic (exact) mass is 493 g/mol. The van der Waals surface area contributed by atoms with Gasteiger partial charge in [0.2, 0.25) is 0 Å². The summed E-state index contributed by atoms with van der Waals surface area (Å²) in [5, 5.41) is 7.25. The first-order chi connectivity index (χ1) is 12.3. The number of rotatable bonds is 8. The van der Waals surface area contributed by atoms with E-state index in [2.05, 4.69) is 60.2 Å². The van der Waals surface area contributed by atoms with E-state index in [9.17, 15) is 0 Å². The van der Waals surface area contributed by atoms with Gasteiger partial charge in [0, 0.05) is 52.4 Å². The molecule has 1 aliphatic carbocycles. The minimum Gasteiger partial charge on any atom is -0.356 e. The predicted octanol–water partition coefficient (Wildman–Crippen LogP) is 3.26. The Hall–Kier alpha value is -0.0800. The Bertz CT molecular complexity index is 440. The summed E-state index contributed by atoms with van der Waals surface area (Å²) in [4.78, 5) is 9.56. The lowest BCUT2D eigenvalue weighted by Crippen LogP contribution is -2.55. The minimum atomic E-state index is 0. The van der Waals surface area contributed by atoms with Crippen molar-refractivity contribution >= 4 is 29.9 Å². The Morgan fingerprint density at radius 1 is 1.04 bits per heavy atom. The highest BCUT2D eigenvalue weighted by molar-refractivity contribution is 14.0. The van der Waals surface area contributed by atoms with Crippen molar-refractivity contribution in [3.63, 3.8) is 0 Å². The van der Waals surface area contributed by atoms with Gasteiger partial charge in [-0.2, -0.15) is 0 Å². The van der Waals surface area contributed by atoms with Crippen LogP contribution in [0.1, 0.15) is 53.4 Å². The lowest BCUT2D eigenvalue weighted by Gasteiger charge is -2.44. The molecule has 0 aromatic heterocycles. The molecule has 0 radical (unpaired) electrons. The molecule has 2 fully saturated rings. The van der Waals surface area contributed by atoms with Crippen molar-refractivity contribution in [3.8, 4) is 0 Å². The van der Waals surface area contributed by atoms with E-state index < -0.39 is 0 Å². The Balaban J connectivity index is 0.00000364. The van der Waals surface area contributed by atoms with Crippen LogP contribution in [0.5, 0.6) is 0 Å². The molecule has 6 heteroatoms. The second kappa shape index (κ2) is 11.8. The van der Waals surface area contributed by atoms with Crippen LogP contribution in [0, 0.1) is 17.3 Å². The highest BCUT2D eigenvalue weighted by Gasteiger charge is 2.37. The van der Waals surface area contributed by atoms with Gasteiger partial charge >= 0.3 is 0 Å². The predicted molar refractivity (Wildman–Crippen MR) is 128 cm³/mol. The number of aliphatic imine (C=N–C) groups is 1. The van der Waals surface area contributed by atoms with Gasteiger partial charge in [0.1, 0.15) is 0 Å². The van der Waals surface area contributed by atoms with Crippen molar-refractivity contribution in [1.82, 2.24) is 20.4 Å². The summed E-state index contributed by atoms with van der Waals surface area (Å²) in [7, 11) is 4.12. The van der Waals surface area contributed by atoms with Crippen LogP contribution < -0.4 is 10.6 Å². The molecule has 0 spiro atoms. The molecule has 1 aliphatic heterocycles. The Kier molecular flexibility index (Phi) is 10.9. The minimum absolute atomic E-state index is 0. The third-order valence-electron chi connectivity index (χ3n) is 6.36. The molecule has 0 bridgehead atoms. The van der Waals surface area contributed by atoms with Gasteiger partial charge in [0.05, 0.1) is 0 Å². The molecule has 2 rings (SSSR count). The van der Waals surface area contributed by atoms with Crippen molar-refractivity contribution in [2.75, 3.05) is 53.4 Å². The zero-order valence-electron chi connectivity index (χ0n) is 18.6. The van der Waals surface area contributed by atoms with Crippen LogP contribution in [0.4, 0.5) is 0 Å². The molecule has 0 amide bonds. The fourth-order valence-electron chi connectivity index (χ4n) is 4.63. The van der Waals surface area contributed by atoms with Crippen molar-refractivity contribution in [3.05, 3.63) is 0 Å². The van der Waals surface area contributed by atoms with Crippen molar-refractivity contribution in [1.29, 1.82) is 0 Å². The van der Waals surface area contributed by atoms with E-state index in [0.29, 0.717) is 17.4 Å². The van der Waals surface area contributed by atoms with Gasteiger partial charge in [-0.15, -0.1) is 24.0 Å². The van der Waals surface area contributed by atoms with Crippen molar-refractivity contribution in [2.24, 2.45) is 22.2 Å². The smallest absolute Gasteiger partial charge is 0.191 e. The molecule has 1 saturated heterocycles. The molecule has 2 aliphatic rings. The summed E-state index contributed by atoms with van der Waals surface area (Å²) >= 11 is 0. The van der Waals surface area contributed by atoms with E-state index in [1.54, 1.807) is 0 Å². The number of hydrogen-bond acceptors (Lipinski definition) is 3. The SMILES string of the molecule is CN=C(NCC(C(C)C)N1CCN(C)CC1)NCC1(CC(C)C)CCC1.I. The lowest BCUT2D eigenvalue weighted by atomic mass is 9.64. The second-order valence-corrected chi connectivity index (χ2v) is 9.41. The lowest BCUT2D eigenvalue weighted by molar-refractivity contribution is 0.0894. The average molecular weight is 494 g/mol. The van der Waals surface area contributed by atoms with Crippen LogP contribution in [0.15, 0.2) is 4.99 Å². The normalized spacial score (nSPS) is 22.3. The molecular formula is C21H44IN5. The molecule has 1 unspecified atom stereocenters. The number of likely N-dealkylation sites (N-methyl/N-ethyl adjacent to an activating group) is 1. The maximum Gasteiger partial charge on any atom is 0.191 e. The zero-order valence-corrected chi connectivity index (χ0v) is 20.9. The van der Waals surface area contributed by atoms with E-state index in [0.717, 1.165) is 25.0 Å². The van der Waals surface area contributed by atoms with Crippen molar-refractivity contribution in [2.45, 2.75) is 59.4 Å². The fourth-order valence-corrected chi connectivity index (χ4v) is 4.63. The van der Waals surface area contributed by atoms with E-state index >= 15 is 0 Å². The number of nitrogens with zero attached hydrogens (tertiary/aromatic N) is 3. The largest absolute Gasteiger partial charge is 0.356 e. The molecule has 160 valence electrons. The molecule has 0 aromatic rings. The summed E-state index contributed by atoms with van der Waals surface area (Å²) in [6.45, 7) is 16.1. The topological polar surface area (TPSA) is 42.9 Å². The van der Waals surface area contributed by atoms with Gasteiger partial charge in [-0.1, -0.05) is 34.1 Å². The van der Waals surface area contributed by atoms with Crippen LogP contribution in [0.3, 0.4) is 0 Å². The standard InChI is InChI=1S/C21H43N5.HI/c1-17(2)14-21(8-7-9-21)16-24-20(22-5)23-15-19(18(3)4)26-12-10-25(6)11-13-26;/h17-19H,7-16H2,1-6H3,(H2,22,23,24);1H. The maximum absolute atomic E-state index is 4.48. The Morgan fingerprint density at radius 3 is 2.11 bits per heavy atom. The highest BCUT2D eigenvalue weighted by atomic mass is 127. The summed E-state index contributed by atoms with van der Waals surface area (Å²) < 4.78 is 0. The number of guanidine groups is 1. The third-order valence-corrected chi connectivity index (χ3v) is 6.36. The first kappa shape index (κ1) is 25.0. The number of piperazine rings is 1. The maximum atomic E-state index is 4.48. The van der Waals surface area contributed by atoms with Gasteiger partial charge in [-0.3, -0.25) is 9.89 Å². The molecule has 1 heterocycles. The average Bonchev–Trinajstić information content (AvgIpc) is 2.56. The molecule has 27 heavy (non-hydrogen) atoms. The number of nitrogens with one attached hydrogen (secondary N) is 2. The summed E-state index contributed by atoms with van der Waals surface area (Å²) in [5.74, 6) is 2.39. The third kappa shape index (κ3) is 7.69. The van der Waals surface area contributed by atoms with E-state index in [1.807, 2.05) is 7.05 Å².